The van der Waals surface area contributed by atoms with Crippen molar-refractivity contribution in [1.82, 2.24) is 0 Å². The monoisotopic (exact) mass is 222 g/mol. The van der Waals surface area contributed by atoms with Crippen LogP contribution in [0.25, 0.3) is 0 Å². The highest BCUT2D eigenvalue weighted by atomic mass is 16.5. The Kier molecular flexibility index (Phi) is 3.68. The third-order valence-electron chi connectivity index (χ3n) is 2.39. The topological polar surface area (TPSA) is 38.5 Å². The SMILES string of the molecule is COc1cccc(N(C)CC(C)(C)C)c1N. The fourth-order valence-corrected chi connectivity index (χ4v) is 1.84. The lowest BCUT2D eigenvalue weighted by molar-refractivity contribution is 0.413. The number of methoxy groups -OCH3 is 1. The average molecular weight is 222 g/mol. The van der Waals surface area contributed by atoms with Gasteiger partial charge in [0.25, 0.3) is 0 Å². The molecule has 0 bridgehead atoms. The zero-order valence-corrected chi connectivity index (χ0v) is 10.9. The first-order chi connectivity index (χ1) is 7.35. The predicted octanol–water partition coefficient (Wildman–Crippen LogP) is 2.76. The van der Waals surface area contributed by atoms with E-state index in [1.807, 2.05) is 18.2 Å². The van der Waals surface area contributed by atoms with Crippen molar-refractivity contribution in [2.75, 3.05) is 31.3 Å². The number of nitrogens with two attached hydrogens (primary N) is 1. The first kappa shape index (κ1) is 12.7. The molecule has 0 unspecified atom stereocenters. The predicted molar refractivity (Wildman–Crippen MR) is 70.1 cm³/mol. The van der Waals surface area contributed by atoms with Gasteiger partial charge in [0, 0.05) is 13.6 Å². The number of para-hydroxylation sites is 1. The molecule has 0 aliphatic heterocycles. The summed E-state index contributed by atoms with van der Waals surface area (Å²) in [6, 6.07) is 5.86. The van der Waals surface area contributed by atoms with Crippen LogP contribution in [0.5, 0.6) is 5.75 Å². The number of anilines is 2. The van der Waals surface area contributed by atoms with Crippen molar-refractivity contribution >= 4 is 11.4 Å². The smallest absolute Gasteiger partial charge is 0.143 e. The molecule has 3 heteroatoms. The third-order valence-corrected chi connectivity index (χ3v) is 2.39. The Balaban J connectivity index is 2.95. The molecule has 1 aromatic rings. The molecule has 1 aromatic carbocycles. The van der Waals surface area contributed by atoms with Crippen molar-refractivity contribution in [3.63, 3.8) is 0 Å². The highest BCUT2D eigenvalue weighted by Crippen LogP contribution is 2.32. The number of benzene rings is 1. The zero-order chi connectivity index (χ0) is 12.3. The molecule has 0 saturated heterocycles. The number of hydrogen-bond donors (Lipinski definition) is 1. The van der Waals surface area contributed by atoms with Crippen LogP contribution in [0.15, 0.2) is 18.2 Å². The van der Waals surface area contributed by atoms with Gasteiger partial charge in [-0.3, -0.25) is 0 Å². The number of nitrogens with zero attached hydrogens (tertiary/aromatic N) is 1. The molecule has 0 atom stereocenters. The summed E-state index contributed by atoms with van der Waals surface area (Å²) in [5, 5.41) is 0. The lowest BCUT2D eigenvalue weighted by Gasteiger charge is -2.29. The molecule has 0 aromatic heterocycles. The molecule has 0 aliphatic carbocycles. The maximum Gasteiger partial charge on any atom is 0.143 e. The molecule has 90 valence electrons. The molecule has 0 aliphatic rings. The van der Waals surface area contributed by atoms with Crippen LogP contribution in [0.4, 0.5) is 11.4 Å². The van der Waals surface area contributed by atoms with E-state index in [-0.39, 0.29) is 5.41 Å². The molecule has 0 heterocycles. The molecular weight excluding hydrogens is 200 g/mol. The van der Waals surface area contributed by atoms with Crippen LogP contribution in [0.3, 0.4) is 0 Å². The van der Waals surface area contributed by atoms with Gasteiger partial charge in [0.05, 0.1) is 18.5 Å². The largest absolute Gasteiger partial charge is 0.495 e. The molecule has 0 amide bonds. The molecular formula is C13H22N2O. The quantitative estimate of drug-likeness (QED) is 0.799. The van der Waals surface area contributed by atoms with Gasteiger partial charge in [0.1, 0.15) is 5.75 Å². The molecule has 2 N–H and O–H groups in total. The van der Waals surface area contributed by atoms with Crippen LogP contribution in [0.1, 0.15) is 20.8 Å². The van der Waals surface area contributed by atoms with Gasteiger partial charge in [0.2, 0.25) is 0 Å². The van der Waals surface area contributed by atoms with Gasteiger partial charge in [0.15, 0.2) is 0 Å². The molecule has 16 heavy (non-hydrogen) atoms. The summed E-state index contributed by atoms with van der Waals surface area (Å²) < 4.78 is 5.21. The van der Waals surface area contributed by atoms with Gasteiger partial charge in [-0.2, -0.15) is 0 Å². The second-order valence-electron chi connectivity index (χ2n) is 5.31. The second-order valence-corrected chi connectivity index (χ2v) is 5.31. The first-order valence-electron chi connectivity index (χ1n) is 5.49. The maximum absolute atomic E-state index is 6.05. The van der Waals surface area contributed by atoms with Crippen LogP contribution in [-0.4, -0.2) is 20.7 Å². The Labute approximate surface area is 98.2 Å². The minimum absolute atomic E-state index is 0.240. The molecule has 3 nitrogen and oxygen atoms in total. The number of hydrogen-bond acceptors (Lipinski definition) is 3. The van der Waals surface area contributed by atoms with E-state index in [9.17, 15) is 0 Å². The van der Waals surface area contributed by atoms with Crippen LogP contribution in [-0.2, 0) is 0 Å². The van der Waals surface area contributed by atoms with Crippen molar-refractivity contribution in [2.45, 2.75) is 20.8 Å². The van der Waals surface area contributed by atoms with E-state index in [1.54, 1.807) is 7.11 Å². The van der Waals surface area contributed by atoms with E-state index >= 15 is 0 Å². The van der Waals surface area contributed by atoms with Gasteiger partial charge in [-0.25, -0.2) is 0 Å². The van der Waals surface area contributed by atoms with Gasteiger partial charge in [-0.05, 0) is 17.5 Å². The minimum Gasteiger partial charge on any atom is -0.495 e. The van der Waals surface area contributed by atoms with E-state index < -0.39 is 0 Å². The van der Waals surface area contributed by atoms with Crippen molar-refractivity contribution < 1.29 is 4.74 Å². The number of rotatable bonds is 3. The Bertz CT molecular complexity index is 355. The lowest BCUT2D eigenvalue weighted by Crippen LogP contribution is -2.29. The normalized spacial score (nSPS) is 11.3. The molecule has 0 fully saturated rings. The van der Waals surface area contributed by atoms with Gasteiger partial charge in [-0.15, -0.1) is 0 Å². The van der Waals surface area contributed by atoms with Gasteiger partial charge < -0.3 is 15.4 Å². The van der Waals surface area contributed by atoms with E-state index in [4.69, 9.17) is 10.5 Å². The van der Waals surface area contributed by atoms with Gasteiger partial charge >= 0.3 is 0 Å². The molecule has 1 rings (SSSR count). The van der Waals surface area contributed by atoms with Crippen LogP contribution in [0.2, 0.25) is 0 Å². The fourth-order valence-electron chi connectivity index (χ4n) is 1.84. The summed E-state index contributed by atoms with van der Waals surface area (Å²) in [5.41, 5.74) is 8.02. The van der Waals surface area contributed by atoms with Crippen molar-refractivity contribution in [3.05, 3.63) is 18.2 Å². The maximum atomic E-state index is 6.05. The van der Waals surface area contributed by atoms with Gasteiger partial charge in [-0.1, -0.05) is 26.8 Å². The first-order valence-corrected chi connectivity index (χ1v) is 5.49. The van der Waals surface area contributed by atoms with E-state index in [0.29, 0.717) is 5.69 Å². The molecule has 0 radical (unpaired) electrons. The zero-order valence-electron chi connectivity index (χ0n) is 10.9. The third kappa shape index (κ3) is 3.05. The molecule has 0 saturated carbocycles. The van der Waals surface area contributed by atoms with Crippen LogP contribution >= 0.6 is 0 Å². The highest BCUT2D eigenvalue weighted by molar-refractivity contribution is 5.73. The van der Waals surface area contributed by atoms with Crippen molar-refractivity contribution in [2.24, 2.45) is 5.41 Å². The van der Waals surface area contributed by atoms with E-state index in [2.05, 4.69) is 32.7 Å². The van der Waals surface area contributed by atoms with E-state index in [0.717, 1.165) is 18.0 Å². The Hall–Kier alpha value is -1.38. The Morgan fingerprint density at radius 1 is 1.31 bits per heavy atom. The molecule has 0 spiro atoms. The standard InChI is InChI=1S/C13H22N2O/c1-13(2,3)9-15(4)10-7-6-8-11(16-5)12(10)14/h6-8H,9,14H2,1-5H3. The van der Waals surface area contributed by atoms with Crippen molar-refractivity contribution in [1.29, 1.82) is 0 Å². The average Bonchev–Trinajstić information content (AvgIpc) is 2.15. The second kappa shape index (κ2) is 4.64. The highest BCUT2D eigenvalue weighted by Gasteiger charge is 2.16. The summed E-state index contributed by atoms with van der Waals surface area (Å²) >= 11 is 0. The minimum atomic E-state index is 0.240. The summed E-state index contributed by atoms with van der Waals surface area (Å²) in [6.45, 7) is 7.57. The Morgan fingerprint density at radius 2 is 1.94 bits per heavy atom. The lowest BCUT2D eigenvalue weighted by atomic mass is 9.96. The summed E-state index contributed by atoms with van der Waals surface area (Å²) in [6.07, 6.45) is 0. The summed E-state index contributed by atoms with van der Waals surface area (Å²) in [5.74, 6) is 0.734. The summed E-state index contributed by atoms with van der Waals surface area (Å²) in [4.78, 5) is 2.16. The Morgan fingerprint density at radius 3 is 2.44 bits per heavy atom. The summed E-state index contributed by atoms with van der Waals surface area (Å²) in [7, 11) is 3.69. The van der Waals surface area contributed by atoms with Crippen LogP contribution < -0.4 is 15.4 Å². The van der Waals surface area contributed by atoms with E-state index in [1.165, 1.54) is 0 Å². The van der Waals surface area contributed by atoms with Crippen LogP contribution in [0, 0.1) is 5.41 Å². The number of nitrogen functional groups attached to an aromatic ring is 1. The number of ether oxygens (including phenoxy) is 1. The van der Waals surface area contributed by atoms with Crippen molar-refractivity contribution in [3.8, 4) is 5.75 Å². The fraction of sp³-hybridized carbons (Fsp3) is 0.538.